The topological polar surface area (TPSA) is 24.9 Å². The van der Waals surface area contributed by atoms with Crippen LogP contribution in [-0.2, 0) is 0 Å². The zero-order valence-electron chi connectivity index (χ0n) is 11.4. The second kappa shape index (κ2) is 8.24. The lowest BCUT2D eigenvalue weighted by molar-refractivity contribution is 0.437. The first kappa shape index (κ1) is 14.2. The van der Waals surface area contributed by atoms with Gasteiger partial charge in [-0.15, -0.1) is 0 Å². The highest BCUT2D eigenvalue weighted by molar-refractivity contribution is 5.12. The van der Waals surface area contributed by atoms with Gasteiger partial charge in [0.05, 0.1) is 0 Å². The second-order valence-corrected chi connectivity index (χ2v) is 4.93. The molecule has 96 valence electrons. The van der Waals surface area contributed by atoms with Crippen LogP contribution >= 0.6 is 0 Å². The summed E-state index contributed by atoms with van der Waals surface area (Å²) in [7, 11) is 0. The van der Waals surface area contributed by atoms with Crippen LogP contribution in [0.5, 0.6) is 0 Å². The lowest BCUT2D eigenvalue weighted by Crippen LogP contribution is -2.28. The molecule has 1 heterocycles. The van der Waals surface area contributed by atoms with Gasteiger partial charge in [0.2, 0.25) is 0 Å². The van der Waals surface area contributed by atoms with E-state index in [1.807, 2.05) is 18.5 Å². The van der Waals surface area contributed by atoms with E-state index < -0.39 is 0 Å². The minimum absolute atomic E-state index is 0.393. The molecule has 0 aliphatic rings. The van der Waals surface area contributed by atoms with Crippen molar-refractivity contribution in [3.05, 3.63) is 30.1 Å². The molecule has 1 aromatic heterocycles. The summed E-state index contributed by atoms with van der Waals surface area (Å²) in [6, 6.07) is 5.11. The summed E-state index contributed by atoms with van der Waals surface area (Å²) in [5, 5.41) is 3.63. The molecule has 0 aliphatic carbocycles. The molecule has 1 rings (SSSR count). The summed E-state index contributed by atoms with van der Waals surface area (Å²) in [5.41, 5.74) is 1.27. The Balaban J connectivity index is 2.24. The van der Waals surface area contributed by atoms with E-state index in [2.05, 4.69) is 37.1 Å². The zero-order valence-corrected chi connectivity index (χ0v) is 11.4. The van der Waals surface area contributed by atoms with Gasteiger partial charge in [-0.05, 0) is 31.9 Å². The van der Waals surface area contributed by atoms with Crippen LogP contribution in [0.4, 0.5) is 0 Å². The number of unbranched alkanes of at least 4 members (excludes halogenated alkanes) is 3. The quantitative estimate of drug-likeness (QED) is 0.685. The Morgan fingerprint density at radius 3 is 2.71 bits per heavy atom. The van der Waals surface area contributed by atoms with Crippen LogP contribution in [0.25, 0.3) is 0 Å². The number of rotatable bonds is 8. The van der Waals surface area contributed by atoms with Crippen molar-refractivity contribution in [2.75, 3.05) is 0 Å². The van der Waals surface area contributed by atoms with E-state index in [-0.39, 0.29) is 0 Å². The van der Waals surface area contributed by atoms with Crippen LogP contribution in [0, 0.1) is 0 Å². The fourth-order valence-corrected chi connectivity index (χ4v) is 2.12. The van der Waals surface area contributed by atoms with Crippen molar-refractivity contribution in [2.45, 2.75) is 65.0 Å². The molecule has 0 saturated carbocycles. The predicted octanol–water partition coefficient (Wildman–Crippen LogP) is 4.09. The van der Waals surface area contributed by atoms with Gasteiger partial charge in [-0.25, -0.2) is 0 Å². The highest BCUT2D eigenvalue weighted by atomic mass is 14.9. The maximum atomic E-state index is 4.16. The number of nitrogens with zero attached hydrogens (tertiary/aromatic N) is 1. The molecular formula is C15H26N2. The van der Waals surface area contributed by atoms with Crippen molar-refractivity contribution in [1.82, 2.24) is 10.3 Å². The Morgan fingerprint density at radius 2 is 2.06 bits per heavy atom. The average molecular weight is 234 g/mol. The number of aromatic nitrogens is 1. The minimum Gasteiger partial charge on any atom is -0.308 e. The molecule has 0 saturated heterocycles. The van der Waals surface area contributed by atoms with E-state index in [0.29, 0.717) is 12.1 Å². The van der Waals surface area contributed by atoms with Gasteiger partial charge < -0.3 is 5.32 Å². The fraction of sp³-hybridized carbons (Fsp3) is 0.667. The largest absolute Gasteiger partial charge is 0.308 e. The number of nitrogens with one attached hydrogen (secondary N) is 1. The molecule has 2 unspecified atom stereocenters. The summed E-state index contributed by atoms with van der Waals surface area (Å²) in [6.07, 6.45) is 10.4. The van der Waals surface area contributed by atoms with Gasteiger partial charge in [-0.2, -0.15) is 0 Å². The predicted molar refractivity (Wildman–Crippen MR) is 74.0 cm³/mol. The van der Waals surface area contributed by atoms with Gasteiger partial charge in [-0.3, -0.25) is 4.98 Å². The standard InChI is InChI=1S/C15H26N2/c1-4-5-6-7-9-13(2)17-14(3)15-10-8-11-16-12-15/h8,10-14,17H,4-7,9H2,1-3H3. The van der Waals surface area contributed by atoms with Crippen LogP contribution in [0.2, 0.25) is 0 Å². The van der Waals surface area contributed by atoms with Crippen molar-refractivity contribution in [2.24, 2.45) is 0 Å². The van der Waals surface area contributed by atoms with Crippen LogP contribution in [-0.4, -0.2) is 11.0 Å². The second-order valence-electron chi connectivity index (χ2n) is 4.93. The molecule has 0 fully saturated rings. The van der Waals surface area contributed by atoms with E-state index in [1.165, 1.54) is 37.7 Å². The van der Waals surface area contributed by atoms with Crippen molar-refractivity contribution in [3.8, 4) is 0 Å². The Bertz CT molecular complexity index is 284. The minimum atomic E-state index is 0.393. The van der Waals surface area contributed by atoms with Crippen LogP contribution in [0.1, 0.15) is 64.5 Å². The van der Waals surface area contributed by atoms with E-state index in [0.717, 1.165) is 0 Å². The van der Waals surface area contributed by atoms with Crippen molar-refractivity contribution < 1.29 is 0 Å². The van der Waals surface area contributed by atoms with E-state index in [4.69, 9.17) is 0 Å². The first-order chi connectivity index (χ1) is 8.24. The molecule has 0 bridgehead atoms. The fourth-order valence-electron chi connectivity index (χ4n) is 2.12. The van der Waals surface area contributed by atoms with Crippen LogP contribution in [0.3, 0.4) is 0 Å². The Kier molecular flexibility index (Phi) is 6.87. The Morgan fingerprint density at radius 1 is 1.24 bits per heavy atom. The maximum Gasteiger partial charge on any atom is 0.0315 e. The molecule has 0 aliphatic heterocycles. The van der Waals surface area contributed by atoms with Crippen LogP contribution in [0.15, 0.2) is 24.5 Å². The highest BCUT2D eigenvalue weighted by Crippen LogP contribution is 2.13. The summed E-state index contributed by atoms with van der Waals surface area (Å²) in [5.74, 6) is 0. The molecule has 2 atom stereocenters. The zero-order chi connectivity index (χ0) is 12.5. The first-order valence-corrected chi connectivity index (χ1v) is 6.90. The normalized spacial score (nSPS) is 14.5. The lowest BCUT2D eigenvalue weighted by Gasteiger charge is -2.20. The molecule has 0 aromatic carbocycles. The third-order valence-electron chi connectivity index (χ3n) is 3.21. The van der Waals surface area contributed by atoms with Crippen molar-refractivity contribution in [1.29, 1.82) is 0 Å². The molecule has 17 heavy (non-hydrogen) atoms. The molecule has 2 nitrogen and oxygen atoms in total. The smallest absolute Gasteiger partial charge is 0.0315 e. The van der Waals surface area contributed by atoms with Gasteiger partial charge in [0.1, 0.15) is 0 Å². The molecule has 0 amide bonds. The van der Waals surface area contributed by atoms with Gasteiger partial charge >= 0.3 is 0 Å². The summed E-state index contributed by atoms with van der Waals surface area (Å²) < 4.78 is 0. The molecule has 1 N–H and O–H groups in total. The highest BCUT2D eigenvalue weighted by Gasteiger charge is 2.08. The first-order valence-electron chi connectivity index (χ1n) is 6.90. The Hall–Kier alpha value is -0.890. The monoisotopic (exact) mass is 234 g/mol. The van der Waals surface area contributed by atoms with Gasteiger partial charge in [0, 0.05) is 24.5 Å². The summed E-state index contributed by atoms with van der Waals surface area (Å²) in [4.78, 5) is 4.16. The maximum absolute atomic E-state index is 4.16. The average Bonchev–Trinajstić information content (AvgIpc) is 2.36. The SMILES string of the molecule is CCCCCCC(C)NC(C)c1cccnc1. The molecule has 1 aromatic rings. The molecular weight excluding hydrogens is 208 g/mol. The number of pyridine rings is 1. The van der Waals surface area contributed by atoms with Gasteiger partial charge in [0.25, 0.3) is 0 Å². The number of hydrogen-bond donors (Lipinski definition) is 1. The van der Waals surface area contributed by atoms with Crippen LogP contribution < -0.4 is 5.32 Å². The molecule has 0 radical (unpaired) electrons. The third-order valence-corrected chi connectivity index (χ3v) is 3.21. The molecule has 0 spiro atoms. The van der Waals surface area contributed by atoms with Crippen molar-refractivity contribution in [3.63, 3.8) is 0 Å². The van der Waals surface area contributed by atoms with E-state index in [9.17, 15) is 0 Å². The van der Waals surface area contributed by atoms with E-state index in [1.54, 1.807) is 0 Å². The molecule has 2 heteroatoms. The lowest BCUT2D eigenvalue weighted by atomic mass is 10.1. The number of hydrogen-bond acceptors (Lipinski definition) is 2. The van der Waals surface area contributed by atoms with Gasteiger partial charge in [-0.1, -0.05) is 38.7 Å². The summed E-state index contributed by atoms with van der Waals surface area (Å²) >= 11 is 0. The third kappa shape index (κ3) is 5.83. The summed E-state index contributed by atoms with van der Waals surface area (Å²) in [6.45, 7) is 6.74. The van der Waals surface area contributed by atoms with Crippen molar-refractivity contribution >= 4 is 0 Å². The van der Waals surface area contributed by atoms with Gasteiger partial charge in [0.15, 0.2) is 0 Å². The Labute approximate surface area is 106 Å². The van der Waals surface area contributed by atoms with E-state index >= 15 is 0 Å².